The van der Waals surface area contributed by atoms with Crippen molar-refractivity contribution in [1.82, 2.24) is 5.32 Å². The first kappa shape index (κ1) is 16.2. The summed E-state index contributed by atoms with van der Waals surface area (Å²) in [6.45, 7) is -2.67. The molecule has 18 heavy (non-hydrogen) atoms. The van der Waals surface area contributed by atoms with Gasteiger partial charge in [-0.15, -0.1) is 0 Å². The number of nitrogens with one attached hydrogen (secondary N) is 1. The number of carboxylic acids is 2. The third-order valence-corrected chi connectivity index (χ3v) is 1.51. The Bertz CT molecular complexity index is 329. The van der Waals surface area contributed by atoms with Crippen LogP contribution in [-0.4, -0.2) is 53.5 Å². The summed E-state index contributed by atoms with van der Waals surface area (Å²) < 4.78 is 38.9. The summed E-state index contributed by atoms with van der Waals surface area (Å²) in [4.78, 5) is 31.7. The highest BCUT2D eigenvalue weighted by atomic mass is 19.4. The van der Waals surface area contributed by atoms with Gasteiger partial charge in [-0.1, -0.05) is 0 Å². The first-order chi connectivity index (χ1) is 8.11. The number of carboxylic acid groups (broad SMARTS) is 2. The quantitative estimate of drug-likeness (QED) is 0.582. The molecule has 0 aliphatic rings. The minimum Gasteiger partial charge on any atom is -0.481 e. The molecule has 0 aromatic rings. The van der Waals surface area contributed by atoms with Crippen LogP contribution in [0.15, 0.2) is 0 Å². The maximum atomic E-state index is 11.6. The minimum absolute atomic E-state index is 0.889. The zero-order chi connectivity index (χ0) is 14.3. The predicted molar refractivity (Wildman–Crippen MR) is 48.7 cm³/mol. The van der Waals surface area contributed by atoms with Gasteiger partial charge in [-0.25, -0.2) is 4.79 Å². The number of carbonyl (C=O) groups excluding carboxylic acids is 1. The summed E-state index contributed by atoms with van der Waals surface area (Å²) in [5.41, 5.74) is 0. The maximum Gasteiger partial charge on any atom is 0.411 e. The van der Waals surface area contributed by atoms with Crippen molar-refractivity contribution < 1.29 is 42.5 Å². The number of hydrogen-bond donors (Lipinski definition) is 3. The molecule has 0 aliphatic carbocycles. The van der Waals surface area contributed by atoms with E-state index in [9.17, 15) is 27.6 Å². The van der Waals surface area contributed by atoms with Gasteiger partial charge in [-0.05, 0) is 0 Å². The van der Waals surface area contributed by atoms with Crippen LogP contribution in [0, 0.1) is 0 Å². The maximum absolute atomic E-state index is 11.6. The zero-order valence-corrected chi connectivity index (χ0v) is 8.86. The largest absolute Gasteiger partial charge is 0.481 e. The van der Waals surface area contributed by atoms with Gasteiger partial charge in [0.1, 0.15) is 19.3 Å². The second-order valence-corrected chi connectivity index (χ2v) is 3.16. The predicted octanol–water partition coefficient (Wildman–Crippen LogP) is -0.391. The van der Waals surface area contributed by atoms with Crippen molar-refractivity contribution in [2.75, 3.05) is 13.2 Å². The van der Waals surface area contributed by atoms with Gasteiger partial charge in [0.2, 0.25) is 5.91 Å². The number of aliphatic carboxylic acids is 2. The highest BCUT2D eigenvalue weighted by Gasteiger charge is 2.28. The molecular weight excluding hydrogens is 263 g/mol. The van der Waals surface area contributed by atoms with Crippen LogP contribution in [0.1, 0.15) is 6.42 Å². The Morgan fingerprint density at radius 3 is 2.17 bits per heavy atom. The molecule has 0 bridgehead atoms. The summed E-state index contributed by atoms with van der Waals surface area (Å²) in [6.07, 6.45) is -5.49. The van der Waals surface area contributed by atoms with E-state index in [-0.39, 0.29) is 0 Å². The van der Waals surface area contributed by atoms with Crippen LogP contribution in [0.2, 0.25) is 0 Å². The molecule has 0 aliphatic heterocycles. The first-order valence-corrected chi connectivity index (χ1v) is 4.50. The number of hydrogen-bond acceptors (Lipinski definition) is 4. The monoisotopic (exact) mass is 273 g/mol. The highest BCUT2D eigenvalue weighted by Crippen LogP contribution is 2.14. The van der Waals surface area contributed by atoms with Crippen LogP contribution in [0.3, 0.4) is 0 Å². The van der Waals surface area contributed by atoms with E-state index in [2.05, 4.69) is 4.74 Å². The van der Waals surface area contributed by atoms with Crippen LogP contribution in [-0.2, 0) is 19.1 Å². The lowest BCUT2D eigenvalue weighted by Gasteiger charge is -2.12. The fourth-order valence-electron chi connectivity index (χ4n) is 0.870. The van der Waals surface area contributed by atoms with Crippen LogP contribution in [0.5, 0.6) is 0 Å². The molecule has 0 rings (SSSR count). The third kappa shape index (κ3) is 8.33. The summed E-state index contributed by atoms with van der Waals surface area (Å²) in [5, 5.41) is 18.6. The Labute approximate surface area is 98.5 Å². The number of alkyl halides is 3. The molecular formula is C8H10F3NO6. The number of halogens is 3. The van der Waals surface area contributed by atoms with E-state index >= 15 is 0 Å². The van der Waals surface area contributed by atoms with E-state index in [0.29, 0.717) is 0 Å². The first-order valence-electron chi connectivity index (χ1n) is 4.50. The molecule has 0 saturated heterocycles. The van der Waals surface area contributed by atoms with E-state index in [1.54, 1.807) is 5.32 Å². The van der Waals surface area contributed by atoms with Crippen LogP contribution in [0.4, 0.5) is 13.2 Å². The zero-order valence-electron chi connectivity index (χ0n) is 8.86. The standard InChI is InChI=1S/C8H10F3NO6/c9-8(10,11)3-18-2-5(13)12-4(7(16)17)1-6(14)15/h4H,1-3H2,(H,12,13)(H,14,15)(H,16,17)/t4-/m0/s1. The molecule has 0 aromatic heterocycles. The van der Waals surface area contributed by atoms with Crippen molar-refractivity contribution in [2.45, 2.75) is 18.6 Å². The average Bonchev–Trinajstić information content (AvgIpc) is 2.13. The Balaban J connectivity index is 4.11. The molecule has 0 aromatic carbocycles. The molecule has 10 heteroatoms. The van der Waals surface area contributed by atoms with Gasteiger partial charge in [0.05, 0.1) is 6.42 Å². The lowest BCUT2D eigenvalue weighted by atomic mass is 10.2. The van der Waals surface area contributed by atoms with Crippen LogP contribution < -0.4 is 5.32 Å². The average molecular weight is 273 g/mol. The lowest BCUT2D eigenvalue weighted by Crippen LogP contribution is -2.44. The van der Waals surface area contributed by atoms with Gasteiger partial charge in [-0.2, -0.15) is 13.2 Å². The van der Waals surface area contributed by atoms with Crippen LogP contribution in [0.25, 0.3) is 0 Å². The van der Waals surface area contributed by atoms with E-state index in [1.807, 2.05) is 0 Å². The molecule has 0 unspecified atom stereocenters. The molecule has 0 radical (unpaired) electrons. The highest BCUT2D eigenvalue weighted by molar-refractivity contribution is 5.87. The topological polar surface area (TPSA) is 113 Å². The molecule has 104 valence electrons. The summed E-state index contributed by atoms with van der Waals surface area (Å²) in [5.74, 6) is -4.23. The Hall–Kier alpha value is -1.84. The summed E-state index contributed by atoms with van der Waals surface area (Å²) in [7, 11) is 0. The van der Waals surface area contributed by atoms with Crippen molar-refractivity contribution in [2.24, 2.45) is 0 Å². The van der Waals surface area contributed by atoms with E-state index < -0.39 is 49.7 Å². The number of ether oxygens (including phenoxy) is 1. The molecule has 7 nitrogen and oxygen atoms in total. The van der Waals surface area contributed by atoms with Gasteiger partial charge in [0.25, 0.3) is 0 Å². The molecule has 1 atom stereocenters. The van der Waals surface area contributed by atoms with Crippen molar-refractivity contribution in [3.05, 3.63) is 0 Å². The molecule has 0 saturated carbocycles. The molecule has 3 N–H and O–H groups in total. The fourth-order valence-corrected chi connectivity index (χ4v) is 0.870. The second kappa shape index (κ2) is 6.79. The third-order valence-electron chi connectivity index (χ3n) is 1.51. The SMILES string of the molecule is O=C(O)C[C@H](NC(=O)COCC(F)(F)F)C(=O)O. The van der Waals surface area contributed by atoms with Crippen molar-refractivity contribution in [3.8, 4) is 0 Å². The molecule has 0 spiro atoms. The Morgan fingerprint density at radius 1 is 1.22 bits per heavy atom. The van der Waals surface area contributed by atoms with Gasteiger partial charge >= 0.3 is 18.1 Å². The smallest absolute Gasteiger partial charge is 0.411 e. The van der Waals surface area contributed by atoms with Crippen molar-refractivity contribution in [3.63, 3.8) is 0 Å². The van der Waals surface area contributed by atoms with Crippen LogP contribution >= 0.6 is 0 Å². The normalized spacial score (nSPS) is 12.8. The van der Waals surface area contributed by atoms with Crippen molar-refractivity contribution >= 4 is 17.8 Å². The van der Waals surface area contributed by atoms with E-state index in [0.717, 1.165) is 0 Å². The summed E-state index contributed by atoms with van der Waals surface area (Å²) >= 11 is 0. The number of carbonyl (C=O) groups is 3. The van der Waals surface area contributed by atoms with Gasteiger partial charge in [0.15, 0.2) is 0 Å². The van der Waals surface area contributed by atoms with E-state index in [4.69, 9.17) is 10.2 Å². The Kier molecular flexibility index (Phi) is 6.09. The number of amides is 1. The lowest BCUT2D eigenvalue weighted by molar-refractivity contribution is -0.176. The van der Waals surface area contributed by atoms with E-state index in [1.165, 1.54) is 0 Å². The Morgan fingerprint density at radius 2 is 1.78 bits per heavy atom. The molecule has 1 amide bonds. The molecule has 0 heterocycles. The second-order valence-electron chi connectivity index (χ2n) is 3.16. The van der Waals surface area contributed by atoms with Gasteiger partial charge in [0, 0.05) is 0 Å². The minimum atomic E-state index is -4.60. The van der Waals surface area contributed by atoms with Gasteiger partial charge in [-0.3, -0.25) is 9.59 Å². The summed E-state index contributed by atoms with van der Waals surface area (Å²) in [6, 6.07) is -1.72. The fraction of sp³-hybridized carbons (Fsp3) is 0.625. The number of rotatable bonds is 7. The molecule has 0 fully saturated rings. The van der Waals surface area contributed by atoms with Gasteiger partial charge < -0.3 is 20.3 Å². The van der Waals surface area contributed by atoms with Crippen molar-refractivity contribution in [1.29, 1.82) is 0 Å².